The number of fused-ring (bicyclic) bond motifs is 6. The molecule has 0 radical (unpaired) electrons. The lowest BCUT2D eigenvalue weighted by atomic mass is 9.86. The Hall–Kier alpha value is -9.18. The van der Waals surface area contributed by atoms with Crippen LogP contribution in [-0.4, -0.2) is 24.6 Å². The smallest absolute Gasteiger partial charge is 0.140 e. The van der Waals surface area contributed by atoms with Crippen molar-refractivity contribution >= 4 is 27.3 Å². The van der Waals surface area contributed by atoms with E-state index in [2.05, 4.69) is 9.97 Å². The van der Waals surface area contributed by atoms with Crippen molar-refractivity contribution in [3.8, 4) is 68.0 Å². The minimum absolute atomic E-state index is 0.192. The van der Waals surface area contributed by atoms with E-state index in [0.717, 1.165) is 69.0 Å². The van der Waals surface area contributed by atoms with Crippen molar-refractivity contribution < 1.29 is 19.7 Å². The van der Waals surface area contributed by atoms with Gasteiger partial charge >= 0.3 is 0 Å². The Morgan fingerprint density at radius 1 is 0.478 bits per heavy atom. The third-order valence-electron chi connectivity index (χ3n) is 11.9. The molecule has 5 heterocycles. The second-order valence-corrected chi connectivity index (χ2v) is 16.1. The van der Waals surface area contributed by atoms with E-state index in [1.54, 1.807) is 36.7 Å². The van der Waals surface area contributed by atoms with Crippen molar-refractivity contribution in [2.45, 2.75) is 25.5 Å². The molecule has 11 aromatic rings. The molecular formula is C60H39F2N7. The van der Waals surface area contributed by atoms with Crippen molar-refractivity contribution in [3.05, 3.63) is 234 Å². The number of aromatic nitrogens is 5. The highest BCUT2D eigenvalue weighted by Gasteiger charge is 2.21. The number of aryl methyl sites for hydroxylation is 4. The van der Waals surface area contributed by atoms with Crippen molar-refractivity contribution in [3.63, 3.8) is 0 Å². The summed E-state index contributed by atoms with van der Waals surface area (Å²) in [4.78, 5) is 13.9. The van der Waals surface area contributed by atoms with Crippen molar-refractivity contribution in [1.29, 1.82) is 10.5 Å². The van der Waals surface area contributed by atoms with Crippen LogP contribution in [0.2, 0.25) is 0 Å². The molecular weight excluding hydrogens is 857 g/mol. The van der Waals surface area contributed by atoms with Gasteiger partial charge in [-0.1, -0.05) is 103 Å². The molecule has 0 saturated heterocycles. The van der Waals surface area contributed by atoms with Crippen LogP contribution in [0.1, 0.15) is 44.3 Å². The van der Waals surface area contributed by atoms with Gasteiger partial charge in [0.2, 0.25) is 0 Å². The van der Waals surface area contributed by atoms with E-state index in [-0.39, 0.29) is 50.3 Å². The van der Waals surface area contributed by atoms with Crippen molar-refractivity contribution in [2.24, 2.45) is 0 Å². The van der Waals surface area contributed by atoms with Gasteiger partial charge in [0.05, 0.1) is 45.3 Å². The van der Waals surface area contributed by atoms with Gasteiger partial charge in [-0.2, -0.15) is 15.6 Å². The predicted molar refractivity (Wildman–Crippen MR) is 268 cm³/mol. The highest BCUT2D eigenvalue weighted by molar-refractivity contribution is 6.18. The molecule has 0 bridgehead atoms. The first kappa shape index (κ1) is 34.2. The molecule has 69 heavy (non-hydrogen) atoms. The molecule has 0 spiro atoms. The number of nitriles is 2. The fourth-order valence-corrected chi connectivity index (χ4v) is 8.62. The third-order valence-corrected chi connectivity index (χ3v) is 11.9. The zero-order valence-electron chi connectivity index (χ0n) is 44.3. The Bertz CT molecular complexity index is 4080. The van der Waals surface area contributed by atoms with Gasteiger partial charge in [-0.05, 0) is 131 Å². The van der Waals surface area contributed by atoms with Gasteiger partial charge in [0.1, 0.15) is 23.8 Å². The summed E-state index contributed by atoms with van der Waals surface area (Å²) in [6.45, 7) is 0. The summed E-state index contributed by atoms with van der Waals surface area (Å²) < 4.78 is 107. The van der Waals surface area contributed by atoms with Crippen LogP contribution in [0.3, 0.4) is 0 Å². The second kappa shape index (κ2) is 18.2. The number of hydrogen-bond donors (Lipinski definition) is 0. The molecule has 9 heteroatoms. The Morgan fingerprint density at radius 2 is 1.06 bits per heavy atom. The molecule has 0 unspecified atom stereocenters. The van der Waals surface area contributed by atoms with Gasteiger partial charge in [-0.15, -0.1) is 0 Å². The predicted octanol–water partition coefficient (Wildman–Crippen LogP) is 13.8. The SMILES string of the molecule is [2H]C([2H])(c1ccc(-c2ccc(F)c(C#N)c2)nc1)C([2H])([2H])c1cc(-c2ccccc2-c2cnc3c4ccccc4n4nccc4c3c2-c2ccccc2)cc(C([2H])([2H])C([2H])([2H])c2ccc(-c3ccc(F)c(C#N)c3)nc2)c1. The van der Waals surface area contributed by atoms with E-state index >= 15 is 0 Å². The van der Waals surface area contributed by atoms with Crippen LogP contribution in [0, 0.1) is 34.3 Å². The quantitative estimate of drug-likeness (QED) is 0.120. The first-order chi connectivity index (χ1) is 36.9. The molecule has 11 rings (SSSR count). The van der Waals surface area contributed by atoms with Crippen molar-refractivity contribution in [2.75, 3.05) is 0 Å². The van der Waals surface area contributed by atoms with Crippen LogP contribution in [0.5, 0.6) is 0 Å². The first-order valence-electron chi connectivity index (χ1n) is 25.8. The van der Waals surface area contributed by atoms with Crippen LogP contribution in [0.25, 0.3) is 83.2 Å². The van der Waals surface area contributed by atoms with Gasteiger partial charge in [-0.25, -0.2) is 13.3 Å². The van der Waals surface area contributed by atoms with Gasteiger partial charge in [-0.3, -0.25) is 15.0 Å². The monoisotopic (exact) mass is 903 g/mol. The molecule has 0 saturated carbocycles. The normalized spacial score (nSPS) is 13.8. The lowest BCUT2D eigenvalue weighted by Gasteiger charge is -2.19. The van der Waals surface area contributed by atoms with E-state index in [9.17, 15) is 30.3 Å². The molecule has 6 aromatic carbocycles. The zero-order valence-corrected chi connectivity index (χ0v) is 36.3. The maximum absolute atomic E-state index is 14.2. The minimum Gasteiger partial charge on any atom is -0.256 e. The van der Waals surface area contributed by atoms with E-state index in [0.29, 0.717) is 27.8 Å². The maximum atomic E-state index is 14.2. The summed E-state index contributed by atoms with van der Waals surface area (Å²) in [5.41, 5.74) is 5.80. The molecule has 0 N–H and O–H groups in total. The fraction of sp³-hybridized carbons (Fsp3) is 0.0667. The van der Waals surface area contributed by atoms with Gasteiger partial charge in [0.15, 0.2) is 0 Å². The lowest BCUT2D eigenvalue weighted by molar-refractivity contribution is 0.623. The Kier molecular flexibility index (Phi) is 9.04. The van der Waals surface area contributed by atoms with Crippen LogP contribution in [0.4, 0.5) is 8.78 Å². The molecule has 7 nitrogen and oxygen atoms in total. The number of pyridine rings is 4. The minimum atomic E-state index is -2.97. The highest BCUT2D eigenvalue weighted by Crippen LogP contribution is 2.44. The summed E-state index contributed by atoms with van der Waals surface area (Å²) in [7, 11) is 0. The van der Waals surface area contributed by atoms with E-state index in [4.69, 9.17) is 10.1 Å². The molecule has 328 valence electrons. The Balaban J connectivity index is 1.10. The number of rotatable bonds is 11. The Labute approximate surface area is 408 Å². The van der Waals surface area contributed by atoms with Crippen LogP contribution in [0.15, 0.2) is 189 Å². The topological polar surface area (TPSA) is 104 Å². The van der Waals surface area contributed by atoms with Gasteiger partial charge < -0.3 is 0 Å². The van der Waals surface area contributed by atoms with Crippen LogP contribution < -0.4 is 0 Å². The number of benzene rings is 6. The molecule has 0 aliphatic heterocycles. The zero-order chi connectivity index (χ0) is 54.0. The summed E-state index contributed by atoms with van der Waals surface area (Å²) in [5, 5.41) is 25.2. The van der Waals surface area contributed by atoms with E-state index < -0.39 is 37.1 Å². The summed E-state index contributed by atoms with van der Waals surface area (Å²) in [5.74, 6) is -1.44. The van der Waals surface area contributed by atoms with Gasteiger partial charge in [0, 0.05) is 62.6 Å². The maximum Gasteiger partial charge on any atom is 0.140 e. The van der Waals surface area contributed by atoms with Crippen molar-refractivity contribution in [1.82, 2.24) is 24.6 Å². The molecule has 0 atom stereocenters. The molecule has 0 fully saturated rings. The lowest BCUT2D eigenvalue weighted by Crippen LogP contribution is -2.00. The van der Waals surface area contributed by atoms with Gasteiger partial charge in [0.25, 0.3) is 0 Å². The number of halogens is 2. The largest absolute Gasteiger partial charge is 0.256 e. The second-order valence-electron chi connectivity index (χ2n) is 16.1. The van der Waals surface area contributed by atoms with E-state index in [1.165, 1.54) is 60.7 Å². The fourth-order valence-electron chi connectivity index (χ4n) is 8.62. The first-order valence-corrected chi connectivity index (χ1v) is 21.8. The summed E-state index contributed by atoms with van der Waals surface area (Å²) in [6, 6.07) is 47.7. The Morgan fingerprint density at radius 3 is 1.67 bits per heavy atom. The van der Waals surface area contributed by atoms with Crippen LogP contribution in [-0.2, 0) is 25.5 Å². The number of hydrogen-bond acceptors (Lipinski definition) is 6. The third kappa shape index (κ3) is 8.24. The van der Waals surface area contributed by atoms with E-state index in [1.807, 2.05) is 77.3 Å². The molecule has 0 aliphatic rings. The summed E-state index contributed by atoms with van der Waals surface area (Å²) in [6.07, 6.45) is -5.90. The highest BCUT2D eigenvalue weighted by atomic mass is 19.1. The average molecular weight is 904 g/mol. The van der Waals surface area contributed by atoms with Crippen LogP contribution >= 0.6 is 0 Å². The molecule has 5 aromatic heterocycles. The standard InChI is InChI=1S/C60H39F2N7/c61-52-22-20-43(31-46(52)33-63)54-24-18-38(35-65-54)14-16-40-28-41(17-15-39-19-25-55(66-36-39)44-21-23-53(62)47(32-44)34-64)30-45(29-40)48-10-4-5-11-49(48)51-37-67-60-50-12-6-7-13-56(50)69-57(26-27-68-69)59(60)58(51)42-8-2-1-3-9-42/h1-13,18-32,35-37H,14-17H2/i14D2,15D2,16D2,17D2. The average Bonchev–Trinajstić information content (AvgIpc) is 3.99. The number of para-hydroxylation sites is 1. The molecule has 0 amide bonds. The number of nitrogens with zero attached hydrogens (tertiary/aromatic N) is 7. The summed E-state index contributed by atoms with van der Waals surface area (Å²) >= 11 is 0. The molecule has 0 aliphatic carbocycles.